The number of carbonyl (C=O) groups excluding carboxylic acids is 1. The summed E-state index contributed by atoms with van der Waals surface area (Å²) in [6.45, 7) is 0.841. The molecule has 0 radical (unpaired) electrons. The van der Waals surface area contributed by atoms with E-state index < -0.39 is 5.82 Å². The topological polar surface area (TPSA) is 50.8 Å². The molecule has 1 heterocycles. The summed E-state index contributed by atoms with van der Waals surface area (Å²) in [7, 11) is 3.24. The fourth-order valence-corrected chi connectivity index (χ4v) is 4.37. The highest BCUT2D eigenvalue weighted by Crippen LogP contribution is 2.40. The average molecular weight is 455 g/mol. The fourth-order valence-electron chi connectivity index (χ4n) is 4.16. The molecule has 1 aliphatic rings. The van der Waals surface area contributed by atoms with Crippen LogP contribution in [0.25, 0.3) is 0 Å². The maximum absolute atomic E-state index is 13.3. The number of ether oxygens (including phenoxy) is 2. The predicted octanol–water partition coefficient (Wildman–Crippen LogP) is 5.08. The van der Waals surface area contributed by atoms with Gasteiger partial charge in [0.2, 0.25) is 5.91 Å². The van der Waals surface area contributed by atoms with Crippen molar-refractivity contribution in [2.24, 2.45) is 0 Å². The van der Waals surface area contributed by atoms with E-state index in [9.17, 15) is 9.18 Å². The lowest BCUT2D eigenvalue weighted by molar-refractivity contribution is -0.117. The van der Waals surface area contributed by atoms with Crippen LogP contribution < -0.4 is 14.8 Å². The molecule has 1 aliphatic heterocycles. The smallest absolute Gasteiger partial charge is 0.238 e. The van der Waals surface area contributed by atoms with Gasteiger partial charge < -0.3 is 14.8 Å². The molecular formula is C25H24ClFN2O3. The average Bonchev–Trinajstić information content (AvgIpc) is 2.80. The molecule has 0 saturated carbocycles. The van der Waals surface area contributed by atoms with E-state index in [0.29, 0.717) is 23.7 Å². The molecule has 3 aromatic carbocycles. The second-order valence-corrected chi connectivity index (χ2v) is 8.02. The highest BCUT2D eigenvalue weighted by atomic mass is 35.5. The molecule has 1 unspecified atom stereocenters. The summed E-state index contributed by atoms with van der Waals surface area (Å²) in [5.74, 6) is 0.671. The second-order valence-electron chi connectivity index (χ2n) is 7.61. The standard InChI is InChI=1S/C25H24ClFN2O3/c1-31-22-12-17-10-11-29(15-24(30)28-21-9-8-18(27)13-20(21)26)25(16-6-4-3-5-7-16)19(17)14-23(22)32-2/h3-9,12-14,25H,10-11,15H2,1-2H3,(H,28,30). The number of rotatable bonds is 6. The van der Waals surface area contributed by atoms with Gasteiger partial charge in [-0.25, -0.2) is 4.39 Å². The Bertz CT molecular complexity index is 1120. The van der Waals surface area contributed by atoms with E-state index in [1.807, 2.05) is 30.3 Å². The molecule has 0 saturated heterocycles. The fraction of sp³-hybridized carbons (Fsp3) is 0.240. The zero-order valence-corrected chi connectivity index (χ0v) is 18.7. The third-order valence-corrected chi connectivity index (χ3v) is 5.95. The molecule has 1 atom stereocenters. The van der Waals surface area contributed by atoms with Crippen molar-refractivity contribution in [2.45, 2.75) is 12.5 Å². The van der Waals surface area contributed by atoms with E-state index >= 15 is 0 Å². The number of nitrogens with zero attached hydrogens (tertiary/aromatic N) is 1. The Kier molecular flexibility index (Phi) is 6.63. The third kappa shape index (κ3) is 4.56. The zero-order valence-electron chi connectivity index (χ0n) is 17.9. The normalized spacial score (nSPS) is 15.7. The Labute approximate surface area is 191 Å². The summed E-state index contributed by atoms with van der Waals surface area (Å²) in [6, 6.07) is 17.8. The summed E-state index contributed by atoms with van der Waals surface area (Å²) in [4.78, 5) is 15.0. The van der Waals surface area contributed by atoms with E-state index in [2.05, 4.69) is 22.3 Å². The minimum absolute atomic E-state index is 0.130. The van der Waals surface area contributed by atoms with Gasteiger partial charge in [0.05, 0.1) is 37.5 Å². The zero-order chi connectivity index (χ0) is 22.7. The third-order valence-electron chi connectivity index (χ3n) is 5.64. The first-order valence-corrected chi connectivity index (χ1v) is 10.7. The van der Waals surface area contributed by atoms with Gasteiger partial charge in [-0.3, -0.25) is 9.69 Å². The van der Waals surface area contributed by atoms with Crippen LogP contribution in [-0.4, -0.2) is 38.1 Å². The van der Waals surface area contributed by atoms with Crippen molar-refractivity contribution in [3.05, 3.63) is 88.2 Å². The number of amides is 1. The molecule has 5 nitrogen and oxygen atoms in total. The van der Waals surface area contributed by atoms with E-state index in [-0.39, 0.29) is 23.5 Å². The number of benzene rings is 3. The van der Waals surface area contributed by atoms with Crippen LogP contribution in [-0.2, 0) is 11.2 Å². The SMILES string of the molecule is COc1cc2c(cc1OC)C(c1ccccc1)N(CC(=O)Nc1ccc(F)cc1Cl)CC2. The molecule has 166 valence electrons. The molecule has 4 rings (SSSR count). The van der Waals surface area contributed by atoms with Crippen LogP contribution >= 0.6 is 11.6 Å². The minimum Gasteiger partial charge on any atom is -0.493 e. The number of methoxy groups -OCH3 is 2. The second kappa shape index (κ2) is 9.59. The number of nitrogens with one attached hydrogen (secondary N) is 1. The van der Waals surface area contributed by atoms with Crippen LogP contribution in [0.2, 0.25) is 5.02 Å². The molecule has 0 spiro atoms. The van der Waals surface area contributed by atoms with Crippen LogP contribution in [0.3, 0.4) is 0 Å². The Balaban J connectivity index is 1.65. The van der Waals surface area contributed by atoms with Gasteiger partial charge in [0.1, 0.15) is 5.82 Å². The Morgan fingerprint density at radius 2 is 1.81 bits per heavy atom. The first-order chi connectivity index (χ1) is 15.5. The molecule has 1 N–H and O–H groups in total. The Morgan fingerprint density at radius 1 is 1.09 bits per heavy atom. The van der Waals surface area contributed by atoms with Crippen LogP contribution in [0.15, 0.2) is 60.7 Å². The quantitative estimate of drug-likeness (QED) is 0.564. The first kappa shape index (κ1) is 22.1. The molecular weight excluding hydrogens is 431 g/mol. The summed E-state index contributed by atoms with van der Waals surface area (Å²) in [5.41, 5.74) is 3.70. The van der Waals surface area contributed by atoms with E-state index in [4.69, 9.17) is 21.1 Å². The van der Waals surface area contributed by atoms with Crippen molar-refractivity contribution in [1.82, 2.24) is 4.90 Å². The number of hydrogen-bond donors (Lipinski definition) is 1. The van der Waals surface area contributed by atoms with Crippen LogP contribution in [0.4, 0.5) is 10.1 Å². The van der Waals surface area contributed by atoms with Gasteiger partial charge in [0, 0.05) is 6.54 Å². The van der Waals surface area contributed by atoms with Crippen molar-refractivity contribution in [2.75, 3.05) is 32.6 Å². The number of fused-ring (bicyclic) bond motifs is 1. The van der Waals surface area contributed by atoms with Gasteiger partial charge in [0.25, 0.3) is 0 Å². The minimum atomic E-state index is -0.450. The number of anilines is 1. The van der Waals surface area contributed by atoms with Gasteiger partial charge in [-0.05, 0) is 53.4 Å². The van der Waals surface area contributed by atoms with E-state index in [1.165, 1.54) is 18.2 Å². The van der Waals surface area contributed by atoms with Crippen molar-refractivity contribution in [1.29, 1.82) is 0 Å². The van der Waals surface area contributed by atoms with Gasteiger partial charge in [-0.1, -0.05) is 41.9 Å². The van der Waals surface area contributed by atoms with Crippen LogP contribution in [0.5, 0.6) is 11.5 Å². The summed E-state index contributed by atoms with van der Waals surface area (Å²) < 4.78 is 24.3. The number of carbonyl (C=O) groups is 1. The Morgan fingerprint density at radius 3 is 2.50 bits per heavy atom. The summed E-state index contributed by atoms with van der Waals surface area (Å²) in [6.07, 6.45) is 0.767. The lowest BCUT2D eigenvalue weighted by Crippen LogP contribution is -2.41. The van der Waals surface area contributed by atoms with E-state index in [0.717, 1.165) is 23.1 Å². The molecule has 0 bridgehead atoms. The van der Waals surface area contributed by atoms with Gasteiger partial charge in [-0.15, -0.1) is 0 Å². The Hall–Kier alpha value is -3.09. The highest BCUT2D eigenvalue weighted by molar-refractivity contribution is 6.33. The summed E-state index contributed by atoms with van der Waals surface area (Å²) in [5, 5.41) is 2.96. The van der Waals surface area contributed by atoms with Crippen molar-refractivity contribution in [3.63, 3.8) is 0 Å². The first-order valence-electron chi connectivity index (χ1n) is 10.3. The molecule has 32 heavy (non-hydrogen) atoms. The summed E-state index contributed by atoms with van der Waals surface area (Å²) >= 11 is 6.08. The van der Waals surface area contributed by atoms with Gasteiger partial charge in [-0.2, -0.15) is 0 Å². The predicted molar refractivity (Wildman–Crippen MR) is 123 cm³/mol. The van der Waals surface area contributed by atoms with Gasteiger partial charge >= 0.3 is 0 Å². The maximum atomic E-state index is 13.3. The molecule has 1 amide bonds. The lowest BCUT2D eigenvalue weighted by Gasteiger charge is -2.37. The number of halogens is 2. The largest absolute Gasteiger partial charge is 0.493 e. The van der Waals surface area contributed by atoms with Crippen molar-refractivity contribution in [3.8, 4) is 11.5 Å². The lowest BCUT2D eigenvalue weighted by atomic mass is 9.87. The van der Waals surface area contributed by atoms with Crippen molar-refractivity contribution < 1.29 is 18.7 Å². The van der Waals surface area contributed by atoms with Crippen LogP contribution in [0.1, 0.15) is 22.7 Å². The monoisotopic (exact) mass is 454 g/mol. The van der Waals surface area contributed by atoms with E-state index in [1.54, 1.807) is 14.2 Å². The molecule has 0 aliphatic carbocycles. The molecule has 0 aromatic heterocycles. The van der Waals surface area contributed by atoms with Gasteiger partial charge in [0.15, 0.2) is 11.5 Å². The highest BCUT2D eigenvalue weighted by Gasteiger charge is 2.31. The maximum Gasteiger partial charge on any atom is 0.238 e. The van der Waals surface area contributed by atoms with Crippen molar-refractivity contribution >= 4 is 23.2 Å². The van der Waals surface area contributed by atoms with Crippen LogP contribution in [0, 0.1) is 5.82 Å². The molecule has 7 heteroatoms. The number of hydrogen-bond acceptors (Lipinski definition) is 4. The molecule has 3 aromatic rings. The molecule has 0 fully saturated rings.